The van der Waals surface area contributed by atoms with E-state index in [-0.39, 0.29) is 18.1 Å². The highest BCUT2D eigenvalue weighted by molar-refractivity contribution is 7.13. The van der Waals surface area contributed by atoms with E-state index in [4.69, 9.17) is 9.47 Å². The van der Waals surface area contributed by atoms with Gasteiger partial charge in [0, 0.05) is 54.4 Å². The molecule has 2 aliphatic heterocycles. The van der Waals surface area contributed by atoms with Crippen LogP contribution in [0, 0.1) is 0 Å². The molecule has 0 bridgehead atoms. The normalized spacial score (nSPS) is 15.6. The number of ether oxygens (including phenoxy) is 2. The highest BCUT2D eigenvalue weighted by atomic mass is 32.1. The maximum Gasteiger partial charge on any atom is 0.412 e. The zero-order valence-electron chi connectivity index (χ0n) is 23.9. The lowest BCUT2D eigenvalue weighted by atomic mass is 9.97. The molecule has 2 aromatic carbocycles. The number of carbonyl (C=O) groups excluding carboxylic acids is 3. The van der Waals surface area contributed by atoms with Gasteiger partial charge in [-0.15, -0.1) is 11.3 Å². The van der Waals surface area contributed by atoms with Crippen LogP contribution in [0.3, 0.4) is 0 Å². The van der Waals surface area contributed by atoms with Gasteiger partial charge in [0.1, 0.15) is 5.60 Å². The first-order chi connectivity index (χ1) is 19.7. The topological polar surface area (TPSA) is 88.2 Å². The summed E-state index contributed by atoms with van der Waals surface area (Å²) in [6, 6.07) is 15.2. The highest BCUT2D eigenvalue weighted by Crippen LogP contribution is 2.32. The van der Waals surface area contributed by atoms with Crippen LogP contribution in [-0.2, 0) is 27.1 Å². The summed E-state index contributed by atoms with van der Waals surface area (Å²) >= 11 is 1.61. The summed E-state index contributed by atoms with van der Waals surface area (Å²) in [5, 5.41) is 4.83. The van der Waals surface area contributed by atoms with E-state index in [9.17, 15) is 14.4 Å². The Morgan fingerprint density at radius 1 is 1.05 bits per heavy atom. The lowest BCUT2D eigenvalue weighted by Crippen LogP contribution is -2.38. The SMILES string of the molecule is CC(C)(C)OC(=O)Nc1ccc(-c2cccs2)cc1CC(=O)c1ccc2c(c1)CC(=O)N2CCCN1CCOCC1. The molecule has 0 spiro atoms. The minimum Gasteiger partial charge on any atom is -0.444 e. The fraction of sp³-hybridized carbons (Fsp3) is 0.406. The Balaban J connectivity index is 1.30. The summed E-state index contributed by atoms with van der Waals surface area (Å²) in [7, 11) is 0. The zero-order valence-corrected chi connectivity index (χ0v) is 24.7. The number of anilines is 2. The van der Waals surface area contributed by atoms with Crippen LogP contribution < -0.4 is 10.2 Å². The van der Waals surface area contributed by atoms with Gasteiger partial charge in [-0.05, 0) is 85.7 Å². The lowest BCUT2D eigenvalue weighted by molar-refractivity contribution is -0.117. The Hall–Kier alpha value is -3.53. The van der Waals surface area contributed by atoms with Crippen molar-refractivity contribution in [3.05, 3.63) is 70.6 Å². The first kappa shape index (κ1) is 29.0. The van der Waals surface area contributed by atoms with Crippen LogP contribution >= 0.6 is 11.3 Å². The van der Waals surface area contributed by atoms with Gasteiger partial charge in [-0.2, -0.15) is 0 Å². The molecule has 1 aromatic heterocycles. The predicted octanol–water partition coefficient (Wildman–Crippen LogP) is 5.80. The molecule has 1 N–H and O–H groups in total. The number of thiophene rings is 1. The zero-order chi connectivity index (χ0) is 29.0. The van der Waals surface area contributed by atoms with Crippen molar-refractivity contribution in [1.29, 1.82) is 0 Å². The number of amides is 2. The van der Waals surface area contributed by atoms with Crippen LogP contribution in [0.15, 0.2) is 53.9 Å². The van der Waals surface area contributed by atoms with E-state index in [0.717, 1.165) is 61.0 Å². The minimum atomic E-state index is -0.644. The van der Waals surface area contributed by atoms with Crippen LogP contribution in [-0.4, -0.2) is 67.7 Å². The Morgan fingerprint density at radius 2 is 1.85 bits per heavy atom. The predicted molar refractivity (Wildman–Crippen MR) is 162 cm³/mol. The molecule has 0 unspecified atom stereocenters. The number of nitrogens with one attached hydrogen (secondary N) is 1. The molecule has 8 nitrogen and oxygen atoms in total. The maximum absolute atomic E-state index is 13.5. The second kappa shape index (κ2) is 12.5. The Kier molecular flexibility index (Phi) is 8.87. The molecule has 5 rings (SSSR count). The number of hydrogen-bond donors (Lipinski definition) is 1. The van der Waals surface area contributed by atoms with Crippen LogP contribution in [0.25, 0.3) is 10.4 Å². The third kappa shape index (κ3) is 7.41. The molecule has 0 aliphatic carbocycles. The quantitative estimate of drug-likeness (QED) is 0.325. The number of rotatable bonds is 9. The van der Waals surface area contributed by atoms with E-state index in [1.807, 2.05) is 52.7 Å². The summed E-state index contributed by atoms with van der Waals surface area (Å²) in [4.78, 5) is 44.2. The summed E-state index contributed by atoms with van der Waals surface area (Å²) in [6.45, 7) is 10.4. The van der Waals surface area contributed by atoms with E-state index >= 15 is 0 Å². The molecule has 0 atom stereocenters. The summed E-state index contributed by atoms with van der Waals surface area (Å²) in [5.74, 6) is -0.0133. The van der Waals surface area contributed by atoms with Gasteiger partial charge in [0.05, 0.1) is 19.6 Å². The molecular weight excluding hydrogens is 538 g/mol. The van der Waals surface area contributed by atoms with E-state index < -0.39 is 11.7 Å². The van der Waals surface area contributed by atoms with E-state index in [1.165, 1.54) is 0 Å². The van der Waals surface area contributed by atoms with Crippen molar-refractivity contribution in [2.75, 3.05) is 49.6 Å². The second-order valence-corrected chi connectivity index (χ2v) is 12.4. The molecule has 0 radical (unpaired) electrons. The number of benzene rings is 2. The van der Waals surface area contributed by atoms with Gasteiger partial charge < -0.3 is 14.4 Å². The molecule has 0 saturated carbocycles. The van der Waals surface area contributed by atoms with Gasteiger partial charge in [-0.3, -0.25) is 19.8 Å². The van der Waals surface area contributed by atoms with Crippen molar-refractivity contribution in [3.8, 4) is 10.4 Å². The Bertz CT molecular complexity index is 1410. The van der Waals surface area contributed by atoms with Crippen LogP contribution in [0.2, 0.25) is 0 Å². The van der Waals surface area contributed by atoms with Crippen molar-refractivity contribution in [1.82, 2.24) is 4.90 Å². The fourth-order valence-electron chi connectivity index (χ4n) is 5.23. The second-order valence-electron chi connectivity index (χ2n) is 11.4. The number of ketones is 1. The van der Waals surface area contributed by atoms with Crippen molar-refractivity contribution in [3.63, 3.8) is 0 Å². The smallest absolute Gasteiger partial charge is 0.412 e. The average molecular weight is 576 g/mol. The largest absolute Gasteiger partial charge is 0.444 e. The minimum absolute atomic E-state index is 0.0686. The number of carbonyl (C=O) groups is 3. The summed E-state index contributed by atoms with van der Waals surface area (Å²) in [6.07, 6.45) is 0.716. The first-order valence-corrected chi connectivity index (χ1v) is 15.0. The van der Waals surface area contributed by atoms with Crippen LogP contribution in [0.4, 0.5) is 16.2 Å². The maximum atomic E-state index is 13.5. The molecular formula is C32H37N3O5S. The molecule has 1 fully saturated rings. The Morgan fingerprint density at radius 3 is 2.59 bits per heavy atom. The summed E-state index contributed by atoms with van der Waals surface area (Å²) in [5.41, 5.74) is 3.90. The van der Waals surface area contributed by atoms with Gasteiger partial charge in [0.15, 0.2) is 5.78 Å². The molecule has 2 amide bonds. The van der Waals surface area contributed by atoms with Gasteiger partial charge in [0.25, 0.3) is 0 Å². The molecule has 2 aliphatic rings. The monoisotopic (exact) mass is 575 g/mol. The third-order valence-corrected chi connectivity index (χ3v) is 8.11. The van der Waals surface area contributed by atoms with E-state index in [1.54, 1.807) is 38.2 Å². The number of morpholine rings is 1. The van der Waals surface area contributed by atoms with E-state index in [2.05, 4.69) is 10.2 Å². The van der Waals surface area contributed by atoms with Crippen molar-refractivity contribution in [2.45, 2.75) is 45.6 Å². The molecule has 41 heavy (non-hydrogen) atoms. The molecule has 216 valence electrons. The van der Waals surface area contributed by atoms with Crippen LogP contribution in [0.1, 0.15) is 48.7 Å². The number of nitrogens with zero attached hydrogens (tertiary/aromatic N) is 2. The molecule has 9 heteroatoms. The Labute approximate surface area is 245 Å². The van der Waals surface area contributed by atoms with Crippen LogP contribution in [0.5, 0.6) is 0 Å². The van der Waals surface area contributed by atoms with Crippen molar-refractivity contribution >= 4 is 40.5 Å². The van der Waals surface area contributed by atoms with Gasteiger partial charge >= 0.3 is 6.09 Å². The highest BCUT2D eigenvalue weighted by Gasteiger charge is 2.28. The van der Waals surface area contributed by atoms with Crippen molar-refractivity contribution < 1.29 is 23.9 Å². The van der Waals surface area contributed by atoms with Gasteiger partial charge in [-0.25, -0.2) is 4.79 Å². The number of fused-ring (bicyclic) bond motifs is 1. The molecule has 1 saturated heterocycles. The van der Waals surface area contributed by atoms with Crippen molar-refractivity contribution in [2.24, 2.45) is 0 Å². The lowest BCUT2D eigenvalue weighted by Gasteiger charge is -2.27. The third-order valence-electron chi connectivity index (χ3n) is 7.19. The van der Waals surface area contributed by atoms with E-state index in [0.29, 0.717) is 29.8 Å². The molecule has 3 aromatic rings. The standard InChI is InChI=1S/C32H37N3O5S/c1-32(2,3)40-31(38)33-26-9-7-23(29-6-4-17-41-29)19-24(26)20-28(36)22-8-10-27-25(18-22)21-30(37)35(27)12-5-11-34-13-15-39-16-14-34/h4,6-10,17-19H,5,11-16,20-21H2,1-3H3,(H,33,38). The summed E-state index contributed by atoms with van der Waals surface area (Å²) < 4.78 is 10.9. The fourth-order valence-corrected chi connectivity index (χ4v) is 5.95. The average Bonchev–Trinajstić information content (AvgIpc) is 3.57. The molecule has 3 heterocycles. The number of Topliss-reactive ketones (excluding diaryl/α,β-unsaturated/α-hetero) is 1. The van der Waals surface area contributed by atoms with Gasteiger partial charge in [-0.1, -0.05) is 12.1 Å². The first-order valence-electron chi connectivity index (χ1n) is 14.1. The van der Waals surface area contributed by atoms with Gasteiger partial charge in [0.2, 0.25) is 5.91 Å². The number of hydrogen-bond acceptors (Lipinski definition) is 7.